The Kier molecular flexibility index (Phi) is 4.84. The highest BCUT2D eigenvalue weighted by Crippen LogP contribution is 2.65. The number of ether oxygens (including phenoxy) is 2. The first-order chi connectivity index (χ1) is 13.6. The van der Waals surface area contributed by atoms with Gasteiger partial charge < -0.3 is 19.0 Å². The molecule has 0 radical (unpaired) electrons. The van der Waals surface area contributed by atoms with Gasteiger partial charge in [-0.3, -0.25) is 9.59 Å². The number of carbonyl (C=O) groups excluding carboxylic acids is 2. The fourth-order valence-electron chi connectivity index (χ4n) is 7.23. The van der Waals surface area contributed by atoms with Gasteiger partial charge in [0, 0.05) is 24.8 Å². The fraction of sp³-hybridized carbons (Fsp3) is 0.739. The van der Waals surface area contributed by atoms with Crippen LogP contribution in [0.5, 0.6) is 0 Å². The Hall–Kier alpha value is -1.82. The van der Waals surface area contributed by atoms with Crippen molar-refractivity contribution in [3.8, 4) is 0 Å². The number of methoxy groups -OCH3 is 1. The van der Waals surface area contributed by atoms with Crippen molar-refractivity contribution in [1.82, 2.24) is 0 Å². The van der Waals surface area contributed by atoms with E-state index in [9.17, 15) is 14.7 Å². The summed E-state index contributed by atoms with van der Waals surface area (Å²) in [6.07, 6.45) is 3.76. The first-order valence-corrected chi connectivity index (χ1v) is 10.6. The highest BCUT2D eigenvalue weighted by Gasteiger charge is 2.66. The van der Waals surface area contributed by atoms with Crippen LogP contribution in [0.1, 0.15) is 64.2 Å². The molecule has 6 nitrogen and oxygen atoms in total. The van der Waals surface area contributed by atoms with Gasteiger partial charge in [0.25, 0.3) is 0 Å². The third-order valence-corrected chi connectivity index (χ3v) is 8.12. The molecule has 1 aromatic rings. The lowest BCUT2D eigenvalue weighted by Gasteiger charge is -2.64. The molecule has 4 rings (SSSR count). The summed E-state index contributed by atoms with van der Waals surface area (Å²) in [5.41, 5.74) is 0.499. The van der Waals surface area contributed by atoms with Gasteiger partial charge in [0.1, 0.15) is 11.9 Å². The molecule has 0 saturated heterocycles. The second-order valence-corrected chi connectivity index (χ2v) is 10.1. The zero-order chi connectivity index (χ0) is 21.1. The molecule has 0 aliphatic heterocycles. The van der Waals surface area contributed by atoms with E-state index in [1.807, 2.05) is 6.07 Å². The van der Waals surface area contributed by atoms with Crippen molar-refractivity contribution in [3.63, 3.8) is 0 Å². The molecule has 6 heteroatoms. The Labute approximate surface area is 171 Å². The first-order valence-electron chi connectivity index (χ1n) is 10.6. The van der Waals surface area contributed by atoms with Gasteiger partial charge in [-0.05, 0) is 41.6 Å². The Balaban J connectivity index is 1.90. The van der Waals surface area contributed by atoms with Crippen molar-refractivity contribution in [3.05, 3.63) is 23.7 Å². The summed E-state index contributed by atoms with van der Waals surface area (Å²) in [5, 5.41) is 11.6. The summed E-state index contributed by atoms with van der Waals surface area (Å²) in [6.45, 7) is 8.00. The molecule has 1 heterocycles. The Morgan fingerprint density at radius 2 is 1.97 bits per heavy atom. The average Bonchev–Trinajstić information content (AvgIpc) is 3.10. The largest absolute Gasteiger partial charge is 0.469 e. The summed E-state index contributed by atoms with van der Waals surface area (Å²) >= 11 is 0. The van der Waals surface area contributed by atoms with Crippen molar-refractivity contribution in [1.29, 1.82) is 0 Å². The van der Waals surface area contributed by atoms with Crippen LogP contribution in [0.2, 0.25) is 0 Å². The number of hydrogen-bond donors (Lipinski definition) is 1. The van der Waals surface area contributed by atoms with Crippen LogP contribution < -0.4 is 0 Å². The minimum atomic E-state index is -0.832. The van der Waals surface area contributed by atoms with Crippen LogP contribution in [-0.2, 0) is 25.5 Å². The predicted octanol–water partition coefficient (Wildman–Crippen LogP) is 3.46. The zero-order valence-electron chi connectivity index (χ0n) is 17.9. The molecule has 1 aromatic heterocycles. The van der Waals surface area contributed by atoms with Gasteiger partial charge in [0.2, 0.25) is 0 Å². The quantitative estimate of drug-likeness (QED) is 0.760. The molecular weight excluding hydrogens is 372 g/mol. The summed E-state index contributed by atoms with van der Waals surface area (Å²) < 4.78 is 16.7. The van der Waals surface area contributed by atoms with Gasteiger partial charge in [-0.1, -0.05) is 27.2 Å². The maximum absolute atomic E-state index is 12.9. The standard InChI is InChI=1S/C23H32O6/c1-12(24)29-19-17-14(11-15-13(7-10-28-15)16(17)21(26)27-5)23(4)9-6-8-22(2,3)20(23)18(19)25/h7,10,14,16-20,25H,6,8-9,11H2,1-5H3. The Morgan fingerprint density at radius 3 is 2.62 bits per heavy atom. The van der Waals surface area contributed by atoms with Crippen LogP contribution in [0, 0.1) is 28.6 Å². The van der Waals surface area contributed by atoms with Crippen LogP contribution in [-0.4, -0.2) is 36.4 Å². The molecule has 7 unspecified atom stereocenters. The molecule has 2 saturated carbocycles. The normalized spacial score (nSPS) is 40.2. The maximum Gasteiger partial charge on any atom is 0.313 e. The van der Waals surface area contributed by atoms with Gasteiger partial charge in [0.15, 0.2) is 0 Å². The average molecular weight is 405 g/mol. The Morgan fingerprint density at radius 1 is 1.24 bits per heavy atom. The molecule has 29 heavy (non-hydrogen) atoms. The lowest BCUT2D eigenvalue weighted by molar-refractivity contribution is -0.229. The molecule has 3 aliphatic carbocycles. The number of carbonyl (C=O) groups is 2. The molecule has 1 N–H and O–H groups in total. The number of esters is 2. The van der Waals surface area contributed by atoms with Crippen LogP contribution in [0.25, 0.3) is 0 Å². The van der Waals surface area contributed by atoms with Crippen LogP contribution in [0.3, 0.4) is 0 Å². The molecule has 0 aromatic carbocycles. The van der Waals surface area contributed by atoms with Crippen molar-refractivity contribution in [2.45, 2.75) is 71.5 Å². The molecule has 7 atom stereocenters. The molecule has 2 fully saturated rings. The van der Waals surface area contributed by atoms with E-state index in [2.05, 4.69) is 20.8 Å². The van der Waals surface area contributed by atoms with E-state index in [0.29, 0.717) is 6.42 Å². The molecule has 3 aliphatic rings. The molecule has 0 spiro atoms. The number of furan rings is 1. The smallest absolute Gasteiger partial charge is 0.313 e. The van der Waals surface area contributed by atoms with E-state index >= 15 is 0 Å². The highest BCUT2D eigenvalue weighted by molar-refractivity contribution is 5.79. The van der Waals surface area contributed by atoms with E-state index < -0.39 is 24.1 Å². The third kappa shape index (κ3) is 2.94. The molecule has 0 amide bonds. The van der Waals surface area contributed by atoms with Gasteiger partial charge in [0.05, 0.1) is 25.4 Å². The molecule has 0 bridgehead atoms. The van der Waals surface area contributed by atoms with E-state index in [0.717, 1.165) is 30.6 Å². The van der Waals surface area contributed by atoms with Crippen molar-refractivity contribution < 1.29 is 28.6 Å². The van der Waals surface area contributed by atoms with E-state index in [1.54, 1.807) is 6.26 Å². The molecular formula is C23H32O6. The number of rotatable bonds is 2. The maximum atomic E-state index is 12.9. The second kappa shape index (κ2) is 6.86. The zero-order valence-corrected chi connectivity index (χ0v) is 17.9. The van der Waals surface area contributed by atoms with Gasteiger partial charge in [-0.25, -0.2) is 0 Å². The van der Waals surface area contributed by atoms with E-state index in [4.69, 9.17) is 13.9 Å². The van der Waals surface area contributed by atoms with E-state index in [1.165, 1.54) is 14.0 Å². The van der Waals surface area contributed by atoms with Crippen molar-refractivity contribution in [2.24, 2.45) is 28.6 Å². The van der Waals surface area contributed by atoms with Crippen LogP contribution in [0.4, 0.5) is 0 Å². The number of fused-ring (bicyclic) bond motifs is 4. The van der Waals surface area contributed by atoms with Crippen LogP contribution in [0.15, 0.2) is 16.7 Å². The predicted molar refractivity (Wildman–Crippen MR) is 105 cm³/mol. The summed E-state index contributed by atoms with van der Waals surface area (Å²) in [5.74, 6) is -0.957. The fourth-order valence-corrected chi connectivity index (χ4v) is 7.23. The summed E-state index contributed by atoms with van der Waals surface area (Å²) in [6, 6.07) is 1.81. The third-order valence-electron chi connectivity index (χ3n) is 8.12. The number of aliphatic hydroxyl groups excluding tert-OH is 1. The van der Waals surface area contributed by atoms with Gasteiger partial charge >= 0.3 is 11.9 Å². The lowest BCUT2D eigenvalue weighted by atomic mass is 9.42. The first kappa shape index (κ1) is 20.5. The number of aliphatic hydroxyl groups is 1. The lowest BCUT2D eigenvalue weighted by Crippen LogP contribution is -2.66. The number of hydrogen-bond acceptors (Lipinski definition) is 6. The highest BCUT2D eigenvalue weighted by atomic mass is 16.6. The SMILES string of the molecule is COC(=O)C1c2ccoc2CC2C1C(OC(C)=O)C(O)C1C(C)(C)CCCC21C. The molecule has 160 valence electrons. The summed E-state index contributed by atoms with van der Waals surface area (Å²) in [4.78, 5) is 24.9. The van der Waals surface area contributed by atoms with Gasteiger partial charge in [-0.15, -0.1) is 0 Å². The second-order valence-electron chi connectivity index (χ2n) is 10.1. The summed E-state index contributed by atoms with van der Waals surface area (Å²) in [7, 11) is 1.38. The van der Waals surface area contributed by atoms with Gasteiger partial charge in [-0.2, -0.15) is 0 Å². The van der Waals surface area contributed by atoms with Crippen molar-refractivity contribution in [2.75, 3.05) is 7.11 Å². The minimum absolute atomic E-state index is 0.0378. The topological polar surface area (TPSA) is 86.0 Å². The Bertz CT molecular complexity index is 810. The van der Waals surface area contributed by atoms with Crippen LogP contribution >= 0.6 is 0 Å². The monoisotopic (exact) mass is 404 g/mol. The van der Waals surface area contributed by atoms with E-state index in [-0.39, 0.29) is 34.6 Å². The minimum Gasteiger partial charge on any atom is -0.469 e. The van der Waals surface area contributed by atoms with Crippen molar-refractivity contribution >= 4 is 11.9 Å².